The summed E-state index contributed by atoms with van der Waals surface area (Å²) >= 11 is 0. The monoisotopic (exact) mass is 257 g/mol. The van der Waals surface area contributed by atoms with Gasteiger partial charge in [0.15, 0.2) is 5.96 Å². The highest BCUT2D eigenvalue weighted by Crippen LogP contribution is 2.38. The van der Waals surface area contributed by atoms with Crippen LogP contribution in [0.25, 0.3) is 0 Å². The van der Waals surface area contributed by atoms with Gasteiger partial charge >= 0.3 is 0 Å². The van der Waals surface area contributed by atoms with Gasteiger partial charge in [0, 0.05) is 7.05 Å². The number of hydrogen-bond donors (Lipinski definition) is 1. The van der Waals surface area contributed by atoms with Crippen LogP contribution in [0.5, 0.6) is 0 Å². The van der Waals surface area contributed by atoms with E-state index >= 15 is 0 Å². The van der Waals surface area contributed by atoms with E-state index in [0.29, 0.717) is 5.92 Å². The van der Waals surface area contributed by atoms with Crippen molar-refractivity contribution in [3.05, 3.63) is 23.2 Å². The van der Waals surface area contributed by atoms with E-state index in [9.17, 15) is 4.79 Å². The molecule has 4 nitrogen and oxygen atoms in total. The number of carbonyl (C=O) groups excluding carboxylic acids is 1. The summed E-state index contributed by atoms with van der Waals surface area (Å²) in [4.78, 5) is 18.2. The lowest BCUT2D eigenvalue weighted by atomic mass is 9.72. The Balaban J connectivity index is 2.50. The lowest BCUT2D eigenvalue weighted by molar-refractivity contribution is -0.132. The van der Waals surface area contributed by atoms with Crippen LogP contribution in [-0.2, 0) is 4.79 Å². The zero-order chi connectivity index (χ0) is 14.4. The second kappa shape index (κ2) is 4.55. The molecule has 2 rings (SSSR count). The number of amides is 1. The molecule has 0 saturated heterocycles. The van der Waals surface area contributed by atoms with Crippen molar-refractivity contribution < 1.29 is 4.79 Å². The molecule has 0 fully saturated rings. The van der Waals surface area contributed by atoms with Crippen molar-refractivity contribution in [2.75, 3.05) is 7.05 Å². The first-order chi connectivity index (χ1) is 8.75. The quantitative estimate of drug-likeness (QED) is 0.717. The van der Waals surface area contributed by atoms with Gasteiger partial charge in [0.2, 0.25) is 5.91 Å². The average molecular weight is 257 g/mol. The molecule has 0 aromatic rings. The fourth-order valence-electron chi connectivity index (χ4n) is 2.73. The molecule has 1 unspecified atom stereocenters. The number of nitrogens with two attached hydrogens (primary N) is 1. The second-order valence-electron chi connectivity index (χ2n) is 5.76. The summed E-state index contributed by atoms with van der Waals surface area (Å²) in [7, 11) is 7.62. The Bertz CT molecular complexity index is 509. The van der Waals surface area contributed by atoms with Crippen molar-refractivity contribution in [3.8, 4) is 0 Å². The Hall–Kier alpha value is -1.52. The predicted octanol–water partition coefficient (Wildman–Crippen LogP) is 1.19. The molecule has 1 aliphatic heterocycles. The molecule has 1 heterocycles. The summed E-state index contributed by atoms with van der Waals surface area (Å²) < 4.78 is 0. The first kappa shape index (κ1) is 13.9. The summed E-state index contributed by atoms with van der Waals surface area (Å²) in [6.45, 7) is 5.94. The maximum Gasteiger partial charge on any atom is 0.234 e. The number of hydrogen-bond acceptors (Lipinski definition) is 3. The summed E-state index contributed by atoms with van der Waals surface area (Å²) in [5.41, 5.74) is 7.05. The normalized spacial score (nSPS) is 35.7. The standard InChI is InChI=1S/C14H20BN3O/c1-8-5-10(7-11(15)6-8)14(3)9(2)12(19)18(4)13(16)17-14/h5,7-9H,6H2,1-4H3,(H2,16,17)/t8?,9-,14-/m0/s1. The van der Waals surface area contributed by atoms with E-state index in [1.165, 1.54) is 4.90 Å². The number of allylic oxidation sites excluding steroid dienone is 2. The van der Waals surface area contributed by atoms with E-state index in [1.54, 1.807) is 7.05 Å². The Morgan fingerprint density at radius 1 is 1.53 bits per heavy atom. The van der Waals surface area contributed by atoms with Crippen molar-refractivity contribution in [1.29, 1.82) is 0 Å². The largest absolute Gasteiger partial charge is 0.369 e. The zero-order valence-electron chi connectivity index (χ0n) is 12.0. The number of nitrogens with zero attached hydrogens (tertiary/aromatic N) is 2. The van der Waals surface area contributed by atoms with Crippen LogP contribution < -0.4 is 5.73 Å². The van der Waals surface area contributed by atoms with Gasteiger partial charge in [0.1, 0.15) is 7.85 Å². The van der Waals surface area contributed by atoms with E-state index in [0.717, 1.165) is 17.5 Å². The first-order valence-electron chi connectivity index (χ1n) is 6.57. The minimum absolute atomic E-state index is 0.0129. The van der Waals surface area contributed by atoms with Gasteiger partial charge in [-0.1, -0.05) is 26.0 Å². The molecular weight excluding hydrogens is 237 g/mol. The van der Waals surface area contributed by atoms with Gasteiger partial charge in [-0.2, -0.15) is 0 Å². The topological polar surface area (TPSA) is 58.7 Å². The van der Waals surface area contributed by atoms with Gasteiger partial charge in [-0.25, -0.2) is 4.99 Å². The van der Waals surface area contributed by atoms with Crippen LogP contribution >= 0.6 is 0 Å². The maximum atomic E-state index is 12.2. The molecule has 2 aliphatic rings. The number of aliphatic imine (C=N–C) groups is 1. The molecule has 1 aliphatic carbocycles. The Labute approximate surface area is 115 Å². The molecule has 1 amide bonds. The minimum Gasteiger partial charge on any atom is -0.369 e. The summed E-state index contributed by atoms with van der Waals surface area (Å²) in [6.07, 6.45) is 4.93. The lowest BCUT2D eigenvalue weighted by Crippen LogP contribution is -2.54. The summed E-state index contributed by atoms with van der Waals surface area (Å²) in [6, 6.07) is 0. The van der Waals surface area contributed by atoms with Gasteiger partial charge < -0.3 is 5.73 Å². The molecule has 2 N–H and O–H groups in total. The van der Waals surface area contributed by atoms with E-state index in [-0.39, 0.29) is 17.8 Å². The van der Waals surface area contributed by atoms with Crippen LogP contribution in [0.3, 0.4) is 0 Å². The molecular formula is C14H20BN3O. The van der Waals surface area contributed by atoms with Crippen molar-refractivity contribution in [2.45, 2.75) is 32.7 Å². The molecule has 19 heavy (non-hydrogen) atoms. The van der Waals surface area contributed by atoms with Gasteiger partial charge in [0.25, 0.3) is 0 Å². The minimum atomic E-state index is -0.632. The fourth-order valence-corrected chi connectivity index (χ4v) is 2.73. The SMILES string of the molecule is [B]C1=CC([C@@]2(C)N=C(N)N(C)C(=O)[C@@H]2C)=CC(C)C1. The zero-order valence-corrected chi connectivity index (χ0v) is 12.0. The summed E-state index contributed by atoms with van der Waals surface area (Å²) in [5.74, 6) is 0.346. The van der Waals surface area contributed by atoms with E-state index in [1.807, 2.05) is 19.9 Å². The van der Waals surface area contributed by atoms with E-state index in [2.05, 4.69) is 18.0 Å². The molecule has 2 radical (unpaired) electrons. The predicted molar refractivity (Wildman–Crippen MR) is 77.7 cm³/mol. The highest BCUT2D eigenvalue weighted by Gasteiger charge is 2.44. The van der Waals surface area contributed by atoms with Gasteiger partial charge in [-0.15, -0.1) is 5.47 Å². The molecule has 100 valence electrons. The van der Waals surface area contributed by atoms with Crippen LogP contribution in [0.1, 0.15) is 27.2 Å². The third kappa shape index (κ3) is 2.22. The third-order valence-electron chi connectivity index (χ3n) is 4.18. The van der Waals surface area contributed by atoms with Gasteiger partial charge in [0.05, 0.1) is 11.5 Å². The van der Waals surface area contributed by atoms with Crippen molar-refractivity contribution >= 4 is 19.7 Å². The third-order valence-corrected chi connectivity index (χ3v) is 4.18. The smallest absolute Gasteiger partial charge is 0.234 e. The molecule has 5 heteroatoms. The van der Waals surface area contributed by atoms with Crippen LogP contribution in [-0.4, -0.2) is 37.2 Å². The lowest BCUT2D eigenvalue weighted by Gasteiger charge is -2.40. The van der Waals surface area contributed by atoms with E-state index in [4.69, 9.17) is 13.6 Å². The second-order valence-corrected chi connectivity index (χ2v) is 5.76. The van der Waals surface area contributed by atoms with Crippen molar-refractivity contribution in [1.82, 2.24) is 4.90 Å². The highest BCUT2D eigenvalue weighted by molar-refractivity contribution is 6.22. The molecule has 0 saturated carbocycles. The van der Waals surface area contributed by atoms with Crippen molar-refractivity contribution in [3.63, 3.8) is 0 Å². The Morgan fingerprint density at radius 3 is 2.74 bits per heavy atom. The van der Waals surface area contributed by atoms with Crippen LogP contribution in [0.2, 0.25) is 0 Å². The van der Waals surface area contributed by atoms with E-state index < -0.39 is 5.54 Å². The first-order valence-corrected chi connectivity index (χ1v) is 6.57. The number of rotatable bonds is 1. The maximum absolute atomic E-state index is 12.2. The molecule has 0 bridgehead atoms. The molecule has 0 spiro atoms. The summed E-state index contributed by atoms with van der Waals surface area (Å²) in [5, 5.41) is 0. The van der Waals surface area contributed by atoms with Crippen LogP contribution in [0.15, 0.2) is 28.2 Å². The Kier molecular flexibility index (Phi) is 3.33. The number of guanidine groups is 1. The van der Waals surface area contributed by atoms with Crippen molar-refractivity contribution in [2.24, 2.45) is 22.6 Å². The number of carbonyl (C=O) groups is 1. The van der Waals surface area contributed by atoms with Crippen LogP contribution in [0.4, 0.5) is 0 Å². The molecule has 3 atom stereocenters. The van der Waals surface area contributed by atoms with Gasteiger partial charge in [-0.3, -0.25) is 9.69 Å². The molecule has 0 aromatic heterocycles. The fraction of sp³-hybridized carbons (Fsp3) is 0.571. The Morgan fingerprint density at radius 2 is 2.16 bits per heavy atom. The van der Waals surface area contributed by atoms with Gasteiger partial charge in [-0.05, 0) is 24.8 Å². The molecule has 0 aromatic carbocycles. The van der Waals surface area contributed by atoms with Crippen LogP contribution in [0, 0.1) is 11.8 Å². The average Bonchev–Trinajstić information content (AvgIpc) is 2.33. The highest BCUT2D eigenvalue weighted by atomic mass is 16.2.